The van der Waals surface area contributed by atoms with Crippen LogP contribution in [0.15, 0.2) is 18.2 Å². The van der Waals surface area contributed by atoms with Crippen LogP contribution in [0.2, 0.25) is 0 Å². The second-order valence-electron chi connectivity index (χ2n) is 14.4. The van der Waals surface area contributed by atoms with Gasteiger partial charge in [0.15, 0.2) is 11.5 Å². The number of morpholine rings is 1. The molecule has 0 bridgehead atoms. The highest BCUT2D eigenvalue weighted by Crippen LogP contribution is 2.48. The number of anilines is 2. The van der Waals surface area contributed by atoms with Gasteiger partial charge in [-0.2, -0.15) is 33.5 Å². The van der Waals surface area contributed by atoms with Crippen molar-refractivity contribution in [3.8, 4) is 23.2 Å². The second kappa shape index (κ2) is 16.8. The normalized spacial score (nSPS) is 19.1. The van der Waals surface area contributed by atoms with Gasteiger partial charge in [-0.3, -0.25) is 14.4 Å². The first kappa shape index (κ1) is 42.0. The minimum Gasteiger partial charge on any atom is -0.467 e. The fourth-order valence-corrected chi connectivity index (χ4v) is 9.24. The number of carbonyl (C=O) groups excluding carboxylic acids is 1. The Morgan fingerprint density at radius 3 is 2.53 bits per heavy atom. The molecule has 5 aromatic rings. The third-order valence-electron chi connectivity index (χ3n) is 11.1. The molecule has 0 aliphatic carbocycles. The van der Waals surface area contributed by atoms with Gasteiger partial charge in [-0.05, 0) is 50.4 Å². The lowest BCUT2D eigenvalue weighted by Gasteiger charge is -2.30. The Balaban J connectivity index is 0.000000417. The van der Waals surface area contributed by atoms with E-state index in [1.54, 1.807) is 21.4 Å². The van der Waals surface area contributed by atoms with Crippen LogP contribution in [0.4, 0.5) is 37.2 Å². The minimum absolute atomic E-state index is 0.0255. The molecule has 4 aliphatic rings. The van der Waals surface area contributed by atoms with Crippen LogP contribution in [0.25, 0.3) is 32.1 Å². The predicted octanol–water partition coefficient (Wildman–Crippen LogP) is 7.49. The Hall–Kier alpha value is -5.19. The van der Waals surface area contributed by atoms with E-state index in [4.69, 9.17) is 15.2 Å². The largest absolute Gasteiger partial charge is 0.467 e. The first-order valence-electron chi connectivity index (χ1n) is 19.4. The highest BCUT2D eigenvalue weighted by Gasteiger charge is 2.39. The average molecular weight is 844 g/mol. The first-order chi connectivity index (χ1) is 28.3. The van der Waals surface area contributed by atoms with Crippen LogP contribution in [0.3, 0.4) is 0 Å². The number of thiophene rings is 1. The van der Waals surface area contributed by atoms with Crippen LogP contribution in [0.5, 0.6) is 6.01 Å². The van der Waals surface area contributed by atoms with E-state index in [2.05, 4.69) is 20.0 Å². The van der Waals surface area contributed by atoms with E-state index >= 15 is 4.39 Å². The molecule has 0 saturated carbocycles. The van der Waals surface area contributed by atoms with Gasteiger partial charge < -0.3 is 25.0 Å². The van der Waals surface area contributed by atoms with Crippen LogP contribution in [0, 0.1) is 29.9 Å². The maximum absolute atomic E-state index is 16.7. The zero-order valence-corrected chi connectivity index (χ0v) is 33.7. The zero-order chi connectivity index (χ0) is 42.3. The lowest BCUT2D eigenvalue weighted by molar-refractivity contribution is -0.137. The molecule has 2 unspecified atom stereocenters. The summed E-state index contributed by atoms with van der Waals surface area (Å²) in [5, 5.41) is 13.7. The predicted molar refractivity (Wildman–Crippen MR) is 211 cm³/mol. The fraction of sp³-hybridized carbons (Fsp3) is 0.475. The van der Waals surface area contributed by atoms with Gasteiger partial charge in [0.05, 0.1) is 54.9 Å². The first-order valence-corrected chi connectivity index (χ1v) is 20.2. The molecule has 9 rings (SSSR count). The van der Waals surface area contributed by atoms with Crippen LogP contribution < -0.4 is 15.4 Å². The molecule has 3 fully saturated rings. The monoisotopic (exact) mass is 843 g/mol. The van der Waals surface area contributed by atoms with Crippen molar-refractivity contribution in [2.75, 3.05) is 63.7 Å². The molecular formula is C40H43F6N9O3S. The average Bonchev–Trinajstić information content (AvgIpc) is 4.00. The second-order valence-corrected chi connectivity index (χ2v) is 15.4. The summed E-state index contributed by atoms with van der Waals surface area (Å²) in [6, 6.07) is 4.77. The quantitative estimate of drug-likeness (QED) is 0.181. The number of methoxy groups -OCH3 is 1. The standard InChI is InChI=1S/C31H25F5N8O3S.C7H12FN.C2H6/c1-14-20-13-43(5-6-44(20)41-24(14)29(45)42-7-9-47-10-8-42)28-16-11-18(31(34,35)36)22(23(33)25(16)39-30(40-28)46-2)15-3-4-19(32)26-21(15)17(12-37)27(38)48-26;8-6-4-7-2-1-3-9(7)5-6;1-2/h3-4,11H,5-10,13,38H2,1-2H3;6-7H,1-5H2;1-2H3. The number of nitrogens with zero attached hydrogens (tertiary/aromatic N) is 8. The molecule has 314 valence electrons. The van der Waals surface area contributed by atoms with Gasteiger partial charge in [0.1, 0.15) is 34.4 Å². The SMILES string of the molecule is CC.COc1nc(N2CCn3nc(C(=O)N4CCOCC4)c(C)c3C2)c2cc(C(F)(F)F)c(-c3ccc(F)c4sc(N)c(C#N)c34)c(F)c2n1.FC1CC2CCCN2C1. The van der Waals surface area contributed by atoms with E-state index in [-0.39, 0.29) is 74.7 Å². The number of nitrogen functional groups attached to an aromatic ring is 1. The lowest BCUT2D eigenvalue weighted by Crippen LogP contribution is -2.41. The summed E-state index contributed by atoms with van der Waals surface area (Å²) in [4.78, 5) is 27.3. The number of nitrogens with two attached hydrogens (primary N) is 1. The highest BCUT2D eigenvalue weighted by molar-refractivity contribution is 7.23. The van der Waals surface area contributed by atoms with Crippen molar-refractivity contribution in [3.05, 3.63) is 57.9 Å². The molecule has 2 atom stereocenters. The molecule has 19 heteroatoms. The van der Waals surface area contributed by atoms with Gasteiger partial charge in [0.25, 0.3) is 5.91 Å². The Kier molecular flexibility index (Phi) is 12.0. The van der Waals surface area contributed by atoms with Crippen molar-refractivity contribution in [2.45, 2.75) is 71.5 Å². The number of aromatic nitrogens is 4. The molecule has 3 aromatic heterocycles. The number of carbonyl (C=O) groups is 1. The number of fused-ring (bicyclic) bond motifs is 4. The van der Waals surface area contributed by atoms with Gasteiger partial charge in [0.2, 0.25) is 0 Å². The number of hydrogen-bond acceptors (Lipinski definition) is 11. The van der Waals surface area contributed by atoms with E-state index in [0.717, 1.165) is 31.2 Å². The molecule has 0 radical (unpaired) electrons. The van der Waals surface area contributed by atoms with Crippen LogP contribution >= 0.6 is 11.3 Å². The number of halogens is 6. The summed E-state index contributed by atoms with van der Waals surface area (Å²) < 4.78 is 101. The highest BCUT2D eigenvalue weighted by atomic mass is 32.1. The molecular weight excluding hydrogens is 801 g/mol. The maximum atomic E-state index is 16.7. The lowest BCUT2D eigenvalue weighted by atomic mass is 9.92. The Bertz CT molecular complexity index is 2430. The Labute approximate surface area is 340 Å². The summed E-state index contributed by atoms with van der Waals surface area (Å²) in [5.74, 6) is -2.45. The molecule has 1 amide bonds. The van der Waals surface area contributed by atoms with Crippen molar-refractivity contribution < 1.29 is 40.6 Å². The summed E-state index contributed by atoms with van der Waals surface area (Å²) >= 11 is 0.684. The maximum Gasteiger partial charge on any atom is 0.417 e. The number of ether oxygens (including phenoxy) is 2. The molecule has 12 nitrogen and oxygen atoms in total. The van der Waals surface area contributed by atoms with Gasteiger partial charge >= 0.3 is 12.2 Å². The van der Waals surface area contributed by atoms with Gasteiger partial charge in [-0.1, -0.05) is 19.9 Å². The van der Waals surface area contributed by atoms with E-state index in [1.165, 1.54) is 20.0 Å². The zero-order valence-electron chi connectivity index (χ0n) is 32.9. The summed E-state index contributed by atoms with van der Waals surface area (Å²) in [6.45, 7) is 9.85. The number of hydrogen-bond donors (Lipinski definition) is 1. The van der Waals surface area contributed by atoms with Crippen molar-refractivity contribution in [2.24, 2.45) is 0 Å². The van der Waals surface area contributed by atoms with Crippen molar-refractivity contribution >= 4 is 49.1 Å². The van der Waals surface area contributed by atoms with Gasteiger partial charge in [-0.15, -0.1) is 11.3 Å². The molecule has 2 N–H and O–H groups in total. The van der Waals surface area contributed by atoms with Gasteiger partial charge in [-0.25, -0.2) is 13.2 Å². The van der Waals surface area contributed by atoms with Crippen molar-refractivity contribution in [1.82, 2.24) is 29.5 Å². The molecule has 4 aliphatic heterocycles. The van der Waals surface area contributed by atoms with E-state index < -0.39 is 40.6 Å². The van der Waals surface area contributed by atoms with Crippen molar-refractivity contribution in [1.29, 1.82) is 5.26 Å². The van der Waals surface area contributed by atoms with E-state index in [9.17, 15) is 32.0 Å². The molecule has 59 heavy (non-hydrogen) atoms. The Morgan fingerprint density at radius 1 is 1.10 bits per heavy atom. The fourth-order valence-electron chi connectivity index (χ4n) is 8.29. The molecule has 7 heterocycles. The summed E-state index contributed by atoms with van der Waals surface area (Å²) in [7, 11) is 1.24. The summed E-state index contributed by atoms with van der Waals surface area (Å²) in [6.07, 6.45) is -2.28. The van der Waals surface area contributed by atoms with Crippen LogP contribution in [-0.2, 0) is 24.0 Å². The number of benzene rings is 2. The summed E-state index contributed by atoms with van der Waals surface area (Å²) in [5.41, 5.74) is 4.04. The van der Waals surface area contributed by atoms with E-state index in [1.807, 2.05) is 19.9 Å². The minimum atomic E-state index is -5.09. The Morgan fingerprint density at radius 2 is 1.85 bits per heavy atom. The third kappa shape index (κ3) is 7.73. The molecule has 0 spiro atoms. The number of nitriles is 1. The van der Waals surface area contributed by atoms with Crippen molar-refractivity contribution in [3.63, 3.8) is 0 Å². The van der Waals surface area contributed by atoms with Gasteiger partial charge in [0, 0.05) is 54.1 Å². The number of alkyl halides is 4. The smallest absolute Gasteiger partial charge is 0.417 e. The topological polar surface area (TPSA) is 139 Å². The van der Waals surface area contributed by atoms with Crippen LogP contribution in [-0.4, -0.2) is 101 Å². The van der Waals surface area contributed by atoms with E-state index in [0.29, 0.717) is 61.5 Å². The van der Waals surface area contributed by atoms with Crippen LogP contribution in [0.1, 0.15) is 66.0 Å². The number of amides is 1. The number of rotatable bonds is 4. The third-order valence-corrected chi connectivity index (χ3v) is 12.1. The molecule has 3 saturated heterocycles. The molecule has 2 aromatic carbocycles.